The lowest BCUT2D eigenvalue weighted by molar-refractivity contribution is -0.119. The molecule has 0 unspecified atom stereocenters. The standard InChI is InChI=1S/C15H20N4O2.ClH/c1-9-17-13(19-21-9)10-6-5-7-11(8-10)18-14(20)12(16)15(2,3)4;/h5-8,12H,16H2,1-4H3,(H,18,20);1H/t12-;/m1./s1. The number of benzene rings is 1. The van der Waals surface area contributed by atoms with Gasteiger partial charge in [0.15, 0.2) is 0 Å². The molecule has 1 heterocycles. The smallest absolute Gasteiger partial charge is 0.241 e. The van der Waals surface area contributed by atoms with Gasteiger partial charge in [0, 0.05) is 18.2 Å². The van der Waals surface area contributed by atoms with Gasteiger partial charge in [-0.05, 0) is 17.5 Å². The van der Waals surface area contributed by atoms with Gasteiger partial charge in [0.05, 0.1) is 6.04 Å². The first-order chi connectivity index (χ1) is 9.77. The Hall–Kier alpha value is -1.92. The van der Waals surface area contributed by atoms with Crippen molar-refractivity contribution in [3.63, 3.8) is 0 Å². The molecule has 3 N–H and O–H groups in total. The monoisotopic (exact) mass is 324 g/mol. The Morgan fingerprint density at radius 3 is 2.59 bits per heavy atom. The minimum absolute atomic E-state index is 0. The summed E-state index contributed by atoms with van der Waals surface area (Å²) in [5.41, 5.74) is 7.07. The lowest BCUT2D eigenvalue weighted by atomic mass is 9.87. The zero-order valence-corrected chi connectivity index (χ0v) is 13.9. The molecule has 0 bridgehead atoms. The number of carbonyl (C=O) groups is 1. The second-order valence-electron chi connectivity index (χ2n) is 6.05. The lowest BCUT2D eigenvalue weighted by Crippen LogP contribution is -2.45. The summed E-state index contributed by atoms with van der Waals surface area (Å²) in [4.78, 5) is 16.3. The molecule has 0 aliphatic heterocycles. The molecule has 0 spiro atoms. The van der Waals surface area contributed by atoms with Crippen molar-refractivity contribution >= 4 is 24.0 Å². The van der Waals surface area contributed by atoms with Crippen molar-refractivity contribution in [2.24, 2.45) is 11.1 Å². The zero-order valence-electron chi connectivity index (χ0n) is 13.1. The second kappa shape index (κ2) is 6.89. The highest BCUT2D eigenvalue weighted by molar-refractivity contribution is 5.95. The van der Waals surface area contributed by atoms with E-state index in [4.69, 9.17) is 10.3 Å². The number of halogens is 1. The van der Waals surface area contributed by atoms with E-state index in [1.165, 1.54) is 0 Å². The molecule has 0 saturated heterocycles. The van der Waals surface area contributed by atoms with E-state index in [9.17, 15) is 4.79 Å². The highest BCUT2D eigenvalue weighted by Gasteiger charge is 2.27. The number of nitrogens with two attached hydrogens (primary N) is 1. The van der Waals surface area contributed by atoms with Crippen LogP contribution in [0.3, 0.4) is 0 Å². The summed E-state index contributed by atoms with van der Waals surface area (Å²) in [6, 6.07) is 6.66. The molecule has 0 saturated carbocycles. The Kier molecular flexibility index (Phi) is 5.68. The van der Waals surface area contributed by atoms with Crippen LogP contribution in [0.5, 0.6) is 0 Å². The van der Waals surface area contributed by atoms with Crippen molar-refractivity contribution < 1.29 is 9.32 Å². The molecule has 0 aliphatic carbocycles. The molecule has 2 aromatic rings. The molecule has 7 heteroatoms. The van der Waals surface area contributed by atoms with Crippen LogP contribution < -0.4 is 11.1 Å². The predicted molar refractivity (Wildman–Crippen MR) is 87.8 cm³/mol. The molecule has 1 aromatic carbocycles. The summed E-state index contributed by atoms with van der Waals surface area (Å²) in [7, 11) is 0. The van der Waals surface area contributed by atoms with Crippen molar-refractivity contribution in [2.75, 3.05) is 5.32 Å². The first-order valence-corrected chi connectivity index (χ1v) is 6.74. The molecule has 0 radical (unpaired) electrons. The number of amides is 1. The summed E-state index contributed by atoms with van der Waals surface area (Å²) in [6.07, 6.45) is 0. The number of aromatic nitrogens is 2. The minimum Gasteiger partial charge on any atom is -0.339 e. The summed E-state index contributed by atoms with van der Waals surface area (Å²) >= 11 is 0. The van der Waals surface area contributed by atoms with E-state index < -0.39 is 6.04 Å². The van der Waals surface area contributed by atoms with Crippen LogP contribution in [0.1, 0.15) is 26.7 Å². The van der Waals surface area contributed by atoms with Crippen LogP contribution in [0.15, 0.2) is 28.8 Å². The fraction of sp³-hybridized carbons (Fsp3) is 0.400. The van der Waals surface area contributed by atoms with Gasteiger partial charge < -0.3 is 15.6 Å². The Balaban J connectivity index is 0.00000242. The number of nitrogens with zero attached hydrogens (tertiary/aromatic N) is 2. The number of hydrogen-bond donors (Lipinski definition) is 2. The molecule has 120 valence electrons. The topological polar surface area (TPSA) is 94.0 Å². The van der Waals surface area contributed by atoms with Crippen molar-refractivity contribution in [1.82, 2.24) is 10.1 Å². The van der Waals surface area contributed by atoms with Gasteiger partial charge in [-0.25, -0.2) is 0 Å². The van der Waals surface area contributed by atoms with Gasteiger partial charge in [-0.3, -0.25) is 4.79 Å². The lowest BCUT2D eigenvalue weighted by Gasteiger charge is -2.25. The van der Waals surface area contributed by atoms with Crippen molar-refractivity contribution in [1.29, 1.82) is 0 Å². The quantitative estimate of drug-likeness (QED) is 0.905. The van der Waals surface area contributed by atoms with E-state index in [-0.39, 0.29) is 23.7 Å². The van der Waals surface area contributed by atoms with Crippen LogP contribution in [0.25, 0.3) is 11.4 Å². The summed E-state index contributed by atoms with van der Waals surface area (Å²) in [6.45, 7) is 7.51. The molecule has 1 amide bonds. The van der Waals surface area contributed by atoms with Crippen LogP contribution in [-0.4, -0.2) is 22.1 Å². The van der Waals surface area contributed by atoms with Crippen LogP contribution in [-0.2, 0) is 4.79 Å². The average molecular weight is 325 g/mol. The molecule has 22 heavy (non-hydrogen) atoms. The fourth-order valence-electron chi connectivity index (χ4n) is 1.77. The number of aryl methyl sites for hydroxylation is 1. The molecule has 2 rings (SSSR count). The van der Waals surface area contributed by atoms with Crippen LogP contribution in [0.4, 0.5) is 5.69 Å². The zero-order chi connectivity index (χ0) is 15.6. The number of nitrogens with one attached hydrogen (secondary N) is 1. The van der Waals surface area contributed by atoms with Gasteiger partial charge in [0.1, 0.15) is 0 Å². The number of carbonyl (C=O) groups excluding carboxylic acids is 1. The van der Waals surface area contributed by atoms with E-state index >= 15 is 0 Å². The first kappa shape index (κ1) is 18.1. The van der Waals surface area contributed by atoms with E-state index in [0.717, 1.165) is 5.56 Å². The SMILES string of the molecule is Cc1nc(-c2cccc(NC(=O)[C@@H](N)C(C)(C)C)c2)no1.Cl. The summed E-state index contributed by atoms with van der Waals surface area (Å²) in [5, 5.41) is 6.67. The third-order valence-electron chi connectivity index (χ3n) is 3.13. The summed E-state index contributed by atoms with van der Waals surface area (Å²) in [5.74, 6) is 0.766. The highest BCUT2D eigenvalue weighted by Crippen LogP contribution is 2.22. The van der Waals surface area contributed by atoms with Gasteiger partial charge >= 0.3 is 0 Å². The van der Waals surface area contributed by atoms with Gasteiger partial charge in [-0.15, -0.1) is 12.4 Å². The summed E-state index contributed by atoms with van der Waals surface area (Å²) < 4.78 is 4.95. The third-order valence-corrected chi connectivity index (χ3v) is 3.13. The molecule has 1 atom stereocenters. The maximum absolute atomic E-state index is 12.1. The Morgan fingerprint density at radius 1 is 1.36 bits per heavy atom. The maximum atomic E-state index is 12.1. The average Bonchev–Trinajstić information content (AvgIpc) is 2.84. The molecular weight excluding hydrogens is 304 g/mol. The molecule has 1 aromatic heterocycles. The minimum atomic E-state index is -0.589. The Bertz CT molecular complexity index is 649. The van der Waals surface area contributed by atoms with Gasteiger partial charge in [-0.2, -0.15) is 4.98 Å². The van der Waals surface area contributed by atoms with E-state index in [1.807, 2.05) is 32.9 Å². The van der Waals surface area contributed by atoms with E-state index in [2.05, 4.69) is 15.5 Å². The normalized spacial score (nSPS) is 12.4. The number of anilines is 1. The number of rotatable bonds is 3. The van der Waals surface area contributed by atoms with Crippen molar-refractivity contribution in [2.45, 2.75) is 33.7 Å². The van der Waals surface area contributed by atoms with E-state index in [1.54, 1.807) is 19.1 Å². The molecule has 0 fully saturated rings. The Morgan fingerprint density at radius 2 is 2.05 bits per heavy atom. The number of hydrogen-bond acceptors (Lipinski definition) is 5. The predicted octanol–water partition coefficient (Wildman–Crippen LogP) is 2.78. The molecule has 0 aliphatic rings. The van der Waals surface area contributed by atoms with Crippen LogP contribution >= 0.6 is 12.4 Å². The van der Waals surface area contributed by atoms with Crippen molar-refractivity contribution in [3.05, 3.63) is 30.2 Å². The van der Waals surface area contributed by atoms with Crippen LogP contribution in [0, 0.1) is 12.3 Å². The highest BCUT2D eigenvalue weighted by atomic mass is 35.5. The van der Waals surface area contributed by atoms with Gasteiger partial charge in [-0.1, -0.05) is 38.1 Å². The van der Waals surface area contributed by atoms with Crippen LogP contribution in [0.2, 0.25) is 0 Å². The largest absolute Gasteiger partial charge is 0.339 e. The van der Waals surface area contributed by atoms with Crippen molar-refractivity contribution in [3.8, 4) is 11.4 Å². The van der Waals surface area contributed by atoms with Gasteiger partial charge in [0.2, 0.25) is 17.6 Å². The molecular formula is C15H21ClN4O2. The fourth-order valence-corrected chi connectivity index (χ4v) is 1.77. The van der Waals surface area contributed by atoms with Gasteiger partial charge in [0.25, 0.3) is 0 Å². The third kappa shape index (κ3) is 4.29. The van der Waals surface area contributed by atoms with E-state index in [0.29, 0.717) is 17.4 Å². The second-order valence-corrected chi connectivity index (χ2v) is 6.05. The molecule has 6 nitrogen and oxygen atoms in total. The maximum Gasteiger partial charge on any atom is 0.241 e. The first-order valence-electron chi connectivity index (χ1n) is 6.74. The Labute approximate surface area is 135 Å².